The summed E-state index contributed by atoms with van der Waals surface area (Å²) in [4.78, 5) is 15.3. The Morgan fingerprint density at radius 2 is 1.73 bits per heavy atom. The minimum Gasteiger partial charge on any atom is -0.497 e. The van der Waals surface area contributed by atoms with E-state index in [4.69, 9.17) is 18.9 Å². The van der Waals surface area contributed by atoms with E-state index in [1.807, 2.05) is 0 Å². The summed E-state index contributed by atoms with van der Waals surface area (Å²) in [5.41, 5.74) is 0.602. The summed E-state index contributed by atoms with van der Waals surface area (Å²) in [6.07, 6.45) is 0. The van der Waals surface area contributed by atoms with Crippen molar-refractivity contribution in [1.29, 1.82) is 0 Å². The third-order valence-corrected chi connectivity index (χ3v) is 5.73. The van der Waals surface area contributed by atoms with Gasteiger partial charge in [-0.25, -0.2) is 13.2 Å². The average Bonchev–Trinajstić information content (AvgIpc) is 3.10. The Balaban J connectivity index is 2.13. The molecule has 0 aliphatic heterocycles. The highest BCUT2D eigenvalue weighted by Gasteiger charge is 2.25. The van der Waals surface area contributed by atoms with Gasteiger partial charge in [-0.05, 0) is 37.3 Å². The van der Waals surface area contributed by atoms with Crippen LogP contribution in [0.5, 0.6) is 17.2 Å². The summed E-state index contributed by atoms with van der Waals surface area (Å²) < 4.78 is 49.3. The highest BCUT2D eigenvalue weighted by Crippen LogP contribution is 2.35. The molecule has 160 valence electrons. The first kappa shape index (κ1) is 21.3. The van der Waals surface area contributed by atoms with Gasteiger partial charge in [-0.3, -0.25) is 4.72 Å². The first-order chi connectivity index (χ1) is 14.3. The van der Waals surface area contributed by atoms with Crippen LogP contribution in [0.1, 0.15) is 17.4 Å². The number of carbonyl (C=O) groups is 1. The van der Waals surface area contributed by atoms with E-state index >= 15 is 0 Å². The topological polar surface area (TPSA) is 116 Å². The molecule has 0 fully saturated rings. The maximum absolute atomic E-state index is 13.1. The lowest BCUT2D eigenvalue weighted by Crippen LogP contribution is -2.16. The minimum atomic E-state index is -4.08. The molecular weight excluding hydrogens is 412 g/mol. The zero-order valence-corrected chi connectivity index (χ0v) is 17.8. The zero-order chi connectivity index (χ0) is 21.9. The quantitative estimate of drug-likeness (QED) is 0.523. The maximum atomic E-state index is 13.1. The number of benzene rings is 2. The van der Waals surface area contributed by atoms with E-state index in [0.29, 0.717) is 22.4 Å². The number of hydrogen-bond acceptors (Lipinski definition) is 7. The van der Waals surface area contributed by atoms with Gasteiger partial charge in [0.05, 0.1) is 38.5 Å². The predicted molar refractivity (Wildman–Crippen MR) is 111 cm³/mol. The van der Waals surface area contributed by atoms with Crippen LogP contribution in [0.25, 0.3) is 10.9 Å². The molecule has 0 saturated heterocycles. The highest BCUT2D eigenvalue weighted by atomic mass is 32.2. The van der Waals surface area contributed by atoms with Gasteiger partial charge in [-0.15, -0.1) is 0 Å². The minimum absolute atomic E-state index is 0.0100. The van der Waals surface area contributed by atoms with E-state index in [0.717, 1.165) is 0 Å². The number of esters is 1. The molecule has 3 aromatic rings. The van der Waals surface area contributed by atoms with Crippen LogP contribution >= 0.6 is 0 Å². The van der Waals surface area contributed by atoms with Crippen molar-refractivity contribution in [3.63, 3.8) is 0 Å². The number of carbonyl (C=O) groups excluding carboxylic acids is 1. The van der Waals surface area contributed by atoms with Gasteiger partial charge < -0.3 is 23.9 Å². The number of rotatable bonds is 8. The van der Waals surface area contributed by atoms with Crippen LogP contribution < -0.4 is 18.9 Å². The fourth-order valence-electron chi connectivity index (χ4n) is 2.94. The molecule has 0 unspecified atom stereocenters. The number of sulfonamides is 1. The Morgan fingerprint density at radius 3 is 2.37 bits per heavy atom. The first-order valence-electron chi connectivity index (χ1n) is 8.96. The van der Waals surface area contributed by atoms with Gasteiger partial charge in [0.25, 0.3) is 10.0 Å². The molecule has 0 radical (unpaired) electrons. The number of methoxy groups -OCH3 is 3. The van der Waals surface area contributed by atoms with Crippen molar-refractivity contribution in [2.24, 2.45) is 0 Å². The van der Waals surface area contributed by atoms with Gasteiger partial charge in [-0.1, -0.05) is 0 Å². The van der Waals surface area contributed by atoms with Crippen LogP contribution in [0.3, 0.4) is 0 Å². The van der Waals surface area contributed by atoms with Crippen molar-refractivity contribution in [3.05, 3.63) is 42.1 Å². The summed E-state index contributed by atoms with van der Waals surface area (Å²) >= 11 is 0. The first-order valence-corrected chi connectivity index (χ1v) is 10.4. The Labute approximate surface area is 173 Å². The molecule has 3 rings (SSSR count). The summed E-state index contributed by atoms with van der Waals surface area (Å²) in [5.74, 6) is 0.466. The third kappa shape index (κ3) is 3.99. The number of fused-ring (bicyclic) bond motifs is 1. The van der Waals surface area contributed by atoms with Crippen LogP contribution in [0, 0.1) is 0 Å². The lowest BCUT2D eigenvalue weighted by Gasteiger charge is -2.12. The van der Waals surface area contributed by atoms with Gasteiger partial charge in [-0.2, -0.15) is 0 Å². The Hall–Kier alpha value is -3.40. The molecule has 0 aliphatic carbocycles. The zero-order valence-electron chi connectivity index (χ0n) is 16.9. The maximum Gasteiger partial charge on any atom is 0.356 e. The summed E-state index contributed by atoms with van der Waals surface area (Å²) in [5, 5.41) is 0.460. The molecule has 2 N–H and O–H groups in total. The van der Waals surface area contributed by atoms with Crippen LogP contribution in [0.15, 0.2) is 41.3 Å². The highest BCUT2D eigenvalue weighted by molar-refractivity contribution is 7.92. The SMILES string of the molecule is CCOC(=O)c1[nH]c2ccc(OC)cc2c1NS(=O)(=O)c1ccc(OC)c(OC)c1. The normalized spacial score (nSPS) is 11.2. The molecule has 0 atom stereocenters. The Kier molecular flexibility index (Phi) is 6.06. The van der Waals surface area contributed by atoms with E-state index in [1.165, 1.54) is 39.5 Å². The molecule has 0 spiro atoms. The number of hydrogen-bond donors (Lipinski definition) is 2. The van der Waals surface area contributed by atoms with Crippen LogP contribution in [0.4, 0.5) is 5.69 Å². The molecule has 2 aromatic carbocycles. The van der Waals surface area contributed by atoms with Crippen molar-refractivity contribution in [2.75, 3.05) is 32.7 Å². The average molecular weight is 434 g/mol. The lowest BCUT2D eigenvalue weighted by atomic mass is 10.2. The number of nitrogens with one attached hydrogen (secondary N) is 2. The molecule has 1 aromatic heterocycles. The van der Waals surface area contributed by atoms with Crippen molar-refractivity contribution in [1.82, 2.24) is 4.98 Å². The third-order valence-electron chi connectivity index (χ3n) is 4.39. The summed E-state index contributed by atoms with van der Waals surface area (Å²) in [6, 6.07) is 9.20. The fraction of sp³-hybridized carbons (Fsp3) is 0.250. The van der Waals surface area contributed by atoms with Crippen molar-refractivity contribution in [2.45, 2.75) is 11.8 Å². The molecular formula is C20H22N2O7S. The number of aromatic nitrogens is 1. The van der Waals surface area contributed by atoms with Crippen molar-refractivity contribution >= 4 is 32.6 Å². The molecule has 9 nitrogen and oxygen atoms in total. The lowest BCUT2D eigenvalue weighted by molar-refractivity contribution is 0.0522. The van der Waals surface area contributed by atoms with Gasteiger partial charge in [0.1, 0.15) is 5.75 Å². The van der Waals surface area contributed by atoms with E-state index in [1.54, 1.807) is 25.1 Å². The van der Waals surface area contributed by atoms with Crippen LogP contribution in [-0.2, 0) is 14.8 Å². The molecule has 30 heavy (non-hydrogen) atoms. The second-order valence-corrected chi connectivity index (χ2v) is 7.81. The van der Waals surface area contributed by atoms with Gasteiger partial charge in [0.2, 0.25) is 0 Å². The molecule has 0 bridgehead atoms. The number of H-pyrrole nitrogens is 1. The largest absolute Gasteiger partial charge is 0.497 e. The van der Waals surface area contributed by atoms with E-state index in [2.05, 4.69) is 9.71 Å². The summed E-state index contributed by atoms with van der Waals surface area (Å²) in [7, 11) is 0.279. The monoisotopic (exact) mass is 434 g/mol. The number of anilines is 1. The Morgan fingerprint density at radius 1 is 1.00 bits per heavy atom. The second-order valence-electron chi connectivity index (χ2n) is 6.13. The standard InChI is InChI=1S/C20H22N2O7S/c1-5-29-20(23)19-18(14-10-12(26-2)6-8-15(14)21-19)22-30(24,25)13-7-9-16(27-3)17(11-13)28-4/h6-11,21-22H,5H2,1-4H3. The molecule has 10 heteroatoms. The van der Waals surface area contributed by atoms with E-state index < -0.39 is 16.0 Å². The van der Waals surface area contributed by atoms with Gasteiger partial charge >= 0.3 is 5.97 Å². The molecule has 0 aliphatic rings. The summed E-state index contributed by atoms with van der Waals surface area (Å²) in [6.45, 7) is 1.80. The number of aromatic amines is 1. The van der Waals surface area contributed by atoms with Gasteiger partial charge in [0.15, 0.2) is 17.2 Å². The molecule has 0 amide bonds. The molecule has 0 saturated carbocycles. The Bertz CT molecular complexity index is 1190. The van der Waals surface area contributed by atoms with E-state index in [-0.39, 0.29) is 28.6 Å². The smallest absolute Gasteiger partial charge is 0.356 e. The van der Waals surface area contributed by atoms with E-state index in [9.17, 15) is 13.2 Å². The van der Waals surface area contributed by atoms with Gasteiger partial charge in [0, 0.05) is 17.0 Å². The second kappa shape index (κ2) is 8.54. The molecule has 1 heterocycles. The van der Waals surface area contributed by atoms with Crippen molar-refractivity contribution < 1.29 is 32.2 Å². The van der Waals surface area contributed by atoms with Crippen molar-refractivity contribution in [3.8, 4) is 17.2 Å². The van der Waals surface area contributed by atoms with Crippen LogP contribution in [0.2, 0.25) is 0 Å². The van der Waals surface area contributed by atoms with Crippen LogP contribution in [-0.4, -0.2) is 47.3 Å². The predicted octanol–water partition coefficient (Wildman–Crippen LogP) is 3.17. The fourth-order valence-corrected chi connectivity index (χ4v) is 4.05. The number of ether oxygens (including phenoxy) is 4.